The number of rotatable bonds is 4. The lowest BCUT2D eigenvalue weighted by Crippen LogP contribution is -2.12. The first-order valence-corrected chi connectivity index (χ1v) is 7.05. The summed E-state index contributed by atoms with van der Waals surface area (Å²) >= 11 is 1.68. The Morgan fingerprint density at radius 3 is 2.53 bits per heavy atom. The van der Waals surface area contributed by atoms with Gasteiger partial charge in [-0.05, 0) is 30.2 Å². The van der Waals surface area contributed by atoms with Crippen molar-refractivity contribution in [3.63, 3.8) is 0 Å². The number of hydrogen-bond acceptors (Lipinski definition) is 4. The van der Waals surface area contributed by atoms with Crippen LogP contribution in [0.4, 0.5) is 14.5 Å². The molecule has 1 aliphatic heterocycles. The summed E-state index contributed by atoms with van der Waals surface area (Å²) in [6, 6.07) is 6.75. The number of thioether (sulfide) groups is 1. The van der Waals surface area contributed by atoms with Gasteiger partial charge in [-0.15, -0.1) is 0 Å². The van der Waals surface area contributed by atoms with Gasteiger partial charge in [0, 0.05) is 11.4 Å². The summed E-state index contributed by atoms with van der Waals surface area (Å²) < 4.78 is 28.3. The number of hydrogen-bond donors (Lipinski definition) is 1. The van der Waals surface area contributed by atoms with Gasteiger partial charge in [0.15, 0.2) is 5.17 Å². The Hall–Kier alpha value is -1.30. The molecule has 3 nitrogen and oxygen atoms in total. The van der Waals surface area contributed by atoms with E-state index in [0.29, 0.717) is 12.0 Å². The van der Waals surface area contributed by atoms with Gasteiger partial charge in [-0.25, -0.2) is 0 Å². The van der Waals surface area contributed by atoms with Gasteiger partial charge in [-0.2, -0.15) is 8.78 Å². The molecule has 2 rings (SSSR count). The maximum atomic E-state index is 12.0. The van der Waals surface area contributed by atoms with Crippen molar-refractivity contribution in [2.45, 2.75) is 26.5 Å². The lowest BCUT2D eigenvalue weighted by Gasteiger charge is -2.08. The first-order chi connectivity index (χ1) is 9.04. The summed E-state index contributed by atoms with van der Waals surface area (Å²) in [6.07, 6.45) is 0. The molecule has 0 spiro atoms. The Balaban J connectivity index is 1.95. The van der Waals surface area contributed by atoms with Gasteiger partial charge in [0.1, 0.15) is 5.75 Å². The van der Waals surface area contributed by atoms with E-state index in [9.17, 15) is 8.78 Å². The lowest BCUT2D eigenvalue weighted by molar-refractivity contribution is -0.0498. The molecule has 0 radical (unpaired) electrons. The smallest absolute Gasteiger partial charge is 0.387 e. The number of anilines is 1. The van der Waals surface area contributed by atoms with Crippen LogP contribution in [0.5, 0.6) is 5.75 Å². The Kier molecular flexibility index (Phi) is 4.63. The summed E-state index contributed by atoms with van der Waals surface area (Å²) in [6.45, 7) is 1.50. The molecule has 1 aromatic rings. The molecule has 0 fully saturated rings. The SMILES string of the molecule is CC(C)[C@H]1CSC(Nc2ccc(OC(F)F)cc2)=N1. The second-order valence-corrected chi connectivity index (χ2v) is 5.59. The molecule has 19 heavy (non-hydrogen) atoms. The van der Waals surface area contributed by atoms with Gasteiger partial charge in [0.05, 0.1) is 6.04 Å². The van der Waals surface area contributed by atoms with Crippen molar-refractivity contribution >= 4 is 22.6 Å². The summed E-state index contributed by atoms with van der Waals surface area (Å²) in [5, 5.41) is 4.05. The fourth-order valence-electron chi connectivity index (χ4n) is 1.64. The molecule has 0 amide bonds. The molecule has 1 heterocycles. The van der Waals surface area contributed by atoms with Crippen molar-refractivity contribution in [1.29, 1.82) is 0 Å². The fourth-order valence-corrected chi connectivity index (χ4v) is 2.83. The number of nitrogens with zero attached hydrogens (tertiary/aromatic N) is 1. The Bertz CT molecular complexity index is 448. The van der Waals surface area contributed by atoms with Crippen LogP contribution in [0, 0.1) is 5.92 Å². The van der Waals surface area contributed by atoms with Crippen molar-refractivity contribution in [3.8, 4) is 5.75 Å². The number of halogens is 2. The molecule has 0 saturated carbocycles. The predicted molar refractivity (Wildman–Crippen MR) is 75.2 cm³/mol. The van der Waals surface area contributed by atoms with Crippen LogP contribution >= 0.6 is 11.8 Å². The summed E-state index contributed by atoms with van der Waals surface area (Å²) in [7, 11) is 0. The van der Waals surface area contributed by atoms with E-state index in [1.54, 1.807) is 23.9 Å². The van der Waals surface area contributed by atoms with Crippen LogP contribution in [0.1, 0.15) is 13.8 Å². The Morgan fingerprint density at radius 1 is 1.32 bits per heavy atom. The number of alkyl halides is 2. The van der Waals surface area contributed by atoms with Gasteiger partial charge in [0.25, 0.3) is 0 Å². The molecule has 0 unspecified atom stereocenters. The standard InChI is InChI=1S/C13H16F2N2OS/c1-8(2)11-7-19-13(17-11)16-9-3-5-10(6-4-9)18-12(14)15/h3-6,8,11-12H,7H2,1-2H3,(H,16,17)/t11-/m1/s1. The fraction of sp³-hybridized carbons (Fsp3) is 0.462. The minimum atomic E-state index is -2.79. The van der Waals surface area contributed by atoms with Crippen LogP contribution in [0.25, 0.3) is 0 Å². The van der Waals surface area contributed by atoms with Crippen molar-refractivity contribution < 1.29 is 13.5 Å². The number of nitrogens with one attached hydrogen (secondary N) is 1. The maximum Gasteiger partial charge on any atom is 0.387 e. The molecule has 1 N–H and O–H groups in total. The third-order valence-electron chi connectivity index (χ3n) is 2.77. The summed E-state index contributed by atoms with van der Waals surface area (Å²) in [5.74, 6) is 1.65. The topological polar surface area (TPSA) is 33.6 Å². The highest BCUT2D eigenvalue weighted by Gasteiger charge is 2.21. The number of benzene rings is 1. The monoisotopic (exact) mass is 286 g/mol. The minimum absolute atomic E-state index is 0.154. The molecule has 0 aliphatic carbocycles. The Labute approximate surface area is 115 Å². The van der Waals surface area contributed by atoms with Gasteiger partial charge >= 0.3 is 6.61 Å². The molecule has 1 aliphatic rings. The minimum Gasteiger partial charge on any atom is -0.435 e. The first kappa shape index (κ1) is 14.1. The van der Waals surface area contributed by atoms with E-state index in [4.69, 9.17) is 0 Å². The molecule has 1 aromatic carbocycles. The van der Waals surface area contributed by atoms with E-state index in [-0.39, 0.29) is 5.75 Å². The Morgan fingerprint density at radius 2 is 2.00 bits per heavy atom. The van der Waals surface area contributed by atoms with Crippen LogP contribution in [0.3, 0.4) is 0 Å². The van der Waals surface area contributed by atoms with E-state index < -0.39 is 6.61 Å². The van der Waals surface area contributed by atoms with Gasteiger partial charge in [-0.3, -0.25) is 4.99 Å². The van der Waals surface area contributed by atoms with Crippen LogP contribution in [0.15, 0.2) is 29.3 Å². The van der Waals surface area contributed by atoms with Crippen molar-refractivity contribution in [3.05, 3.63) is 24.3 Å². The largest absolute Gasteiger partial charge is 0.435 e. The number of aliphatic imine (C=N–C) groups is 1. The zero-order valence-electron chi connectivity index (χ0n) is 10.8. The zero-order chi connectivity index (χ0) is 13.8. The highest BCUT2D eigenvalue weighted by atomic mass is 32.2. The molecule has 0 saturated heterocycles. The van der Waals surface area contributed by atoms with E-state index >= 15 is 0 Å². The van der Waals surface area contributed by atoms with Crippen LogP contribution < -0.4 is 10.1 Å². The van der Waals surface area contributed by atoms with Crippen LogP contribution in [-0.2, 0) is 0 Å². The summed E-state index contributed by atoms with van der Waals surface area (Å²) in [4.78, 5) is 4.57. The average molecular weight is 286 g/mol. The van der Waals surface area contributed by atoms with Crippen molar-refractivity contribution in [2.24, 2.45) is 10.9 Å². The number of ether oxygens (including phenoxy) is 1. The van der Waals surface area contributed by atoms with Crippen molar-refractivity contribution in [1.82, 2.24) is 0 Å². The first-order valence-electron chi connectivity index (χ1n) is 6.07. The van der Waals surface area contributed by atoms with E-state index in [1.807, 2.05) is 0 Å². The van der Waals surface area contributed by atoms with Gasteiger partial charge < -0.3 is 10.1 Å². The third-order valence-corrected chi connectivity index (χ3v) is 3.76. The van der Waals surface area contributed by atoms with E-state index in [1.165, 1.54) is 12.1 Å². The molecule has 0 aromatic heterocycles. The third kappa shape index (κ3) is 4.09. The average Bonchev–Trinajstić information content (AvgIpc) is 2.80. The van der Waals surface area contributed by atoms with Crippen LogP contribution in [0.2, 0.25) is 0 Å². The molecular formula is C13H16F2N2OS. The number of amidine groups is 1. The lowest BCUT2D eigenvalue weighted by atomic mass is 10.1. The zero-order valence-corrected chi connectivity index (χ0v) is 11.6. The normalized spacial score (nSPS) is 18.8. The molecule has 1 atom stereocenters. The molecular weight excluding hydrogens is 270 g/mol. The quantitative estimate of drug-likeness (QED) is 0.913. The highest BCUT2D eigenvalue weighted by molar-refractivity contribution is 8.14. The van der Waals surface area contributed by atoms with Crippen molar-refractivity contribution in [2.75, 3.05) is 11.1 Å². The highest BCUT2D eigenvalue weighted by Crippen LogP contribution is 2.25. The second-order valence-electron chi connectivity index (χ2n) is 4.58. The molecule has 6 heteroatoms. The second kappa shape index (κ2) is 6.23. The maximum absolute atomic E-state index is 12.0. The van der Waals surface area contributed by atoms with Gasteiger partial charge in [-0.1, -0.05) is 25.6 Å². The molecule has 104 valence electrons. The van der Waals surface area contributed by atoms with Crippen LogP contribution in [-0.4, -0.2) is 23.6 Å². The van der Waals surface area contributed by atoms with Gasteiger partial charge in [0.2, 0.25) is 0 Å². The molecule has 0 bridgehead atoms. The predicted octanol–water partition coefficient (Wildman–Crippen LogP) is 3.83. The van der Waals surface area contributed by atoms with E-state index in [2.05, 4.69) is 28.9 Å². The summed E-state index contributed by atoms with van der Waals surface area (Å²) in [5.41, 5.74) is 0.817. The van der Waals surface area contributed by atoms with E-state index in [0.717, 1.165) is 16.6 Å².